The predicted molar refractivity (Wildman–Crippen MR) is 218 cm³/mol. The van der Waals surface area contributed by atoms with E-state index in [2.05, 4.69) is 77.2 Å². The first-order valence-electron chi connectivity index (χ1n) is 20.3. The number of carboxylic acid groups (broad SMARTS) is 1. The van der Waals surface area contributed by atoms with Crippen LogP contribution in [0.4, 0.5) is 15.3 Å². The molecule has 0 bridgehead atoms. The van der Waals surface area contributed by atoms with Crippen LogP contribution in [0, 0.1) is 0 Å². The highest BCUT2D eigenvalue weighted by atomic mass is 16.5. The van der Waals surface area contributed by atoms with Crippen molar-refractivity contribution in [2.24, 2.45) is 0 Å². The van der Waals surface area contributed by atoms with Gasteiger partial charge >= 0.3 is 18.0 Å². The number of hydrogen-bond donors (Lipinski definition) is 5. The number of likely N-dealkylation sites (N-methyl/N-ethyl adjacent to an activating group) is 3. The summed E-state index contributed by atoms with van der Waals surface area (Å²) in [6, 6.07) is 2.68. The SMILES string of the molecule is CCN1CCN(C)CCN(C)CCN(CC(=O)NCCOCCn2cc(CN(C(=O)NCCCCCNC(=O)N[C@H](C)CCC(=O)O)c3ccncc3)nn2)CC1. The molecule has 57 heavy (non-hydrogen) atoms. The lowest BCUT2D eigenvalue weighted by atomic mass is 10.2. The number of rotatable bonds is 22. The van der Waals surface area contributed by atoms with Crippen LogP contribution in [0.1, 0.15) is 51.6 Å². The summed E-state index contributed by atoms with van der Waals surface area (Å²) in [5, 5.41) is 28.7. The van der Waals surface area contributed by atoms with Crippen LogP contribution < -0.4 is 26.2 Å². The standard InChI is InChI=1S/C38H67N13O6/c1-5-48-22-20-46(3)18-19-47(4)21-23-49(25-24-48)31-35(52)40-17-27-57-28-26-50-29-33(44-45-50)30-51(34-11-15-39-16-12-34)38(56)42-14-8-6-7-13-41-37(55)43-32(2)9-10-36(53)54/h11-12,15-16,29,32H,5-10,13-14,17-28,30-31H2,1-4H3,(H,40,52)(H,42,56)(H,53,54)(H2,41,43,55)/t32-/m1/s1. The molecule has 2 aromatic rings. The highest BCUT2D eigenvalue weighted by molar-refractivity contribution is 5.91. The minimum absolute atomic E-state index is 0.00137. The van der Waals surface area contributed by atoms with Gasteiger partial charge in [-0.3, -0.25) is 24.4 Å². The topological polar surface area (TPSA) is 206 Å². The Morgan fingerprint density at radius 1 is 0.860 bits per heavy atom. The van der Waals surface area contributed by atoms with Crippen LogP contribution in [0.5, 0.6) is 0 Å². The number of aromatic nitrogens is 4. The molecule has 2 aromatic heterocycles. The van der Waals surface area contributed by atoms with Gasteiger partial charge in [0.15, 0.2) is 0 Å². The van der Waals surface area contributed by atoms with Crippen LogP contribution in [-0.2, 0) is 27.4 Å². The van der Waals surface area contributed by atoms with Gasteiger partial charge in [0.25, 0.3) is 0 Å². The molecule has 0 aromatic carbocycles. The Labute approximate surface area is 337 Å². The summed E-state index contributed by atoms with van der Waals surface area (Å²) in [6.07, 6.45) is 7.65. The second-order valence-electron chi connectivity index (χ2n) is 14.6. The van der Waals surface area contributed by atoms with Gasteiger partial charge in [0.2, 0.25) is 5.91 Å². The van der Waals surface area contributed by atoms with E-state index < -0.39 is 5.97 Å². The number of urea groups is 2. The van der Waals surface area contributed by atoms with Crippen molar-refractivity contribution >= 4 is 29.6 Å². The van der Waals surface area contributed by atoms with Crippen LogP contribution in [0.15, 0.2) is 30.7 Å². The lowest BCUT2D eigenvalue weighted by molar-refractivity contribution is -0.137. The normalized spacial score (nSPS) is 15.9. The smallest absolute Gasteiger partial charge is 0.322 e. The van der Waals surface area contributed by atoms with E-state index in [4.69, 9.17) is 9.84 Å². The van der Waals surface area contributed by atoms with Gasteiger partial charge in [-0.1, -0.05) is 12.1 Å². The molecule has 0 saturated carbocycles. The third-order valence-corrected chi connectivity index (χ3v) is 9.75. The fourth-order valence-electron chi connectivity index (χ4n) is 6.04. The molecule has 3 rings (SSSR count). The molecular weight excluding hydrogens is 735 g/mol. The number of ether oxygens (including phenoxy) is 1. The number of hydrogen-bond acceptors (Lipinski definition) is 12. The maximum atomic E-state index is 13.3. The second-order valence-corrected chi connectivity index (χ2v) is 14.6. The monoisotopic (exact) mass is 802 g/mol. The second kappa shape index (κ2) is 27.2. The third-order valence-electron chi connectivity index (χ3n) is 9.75. The van der Waals surface area contributed by atoms with Crippen molar-refractivity contribution in [2.45, 2.75) is 65.1 Å². The average Bonchev–Trinajstić information content (AvgIpc) is 3.65. The van der Waals surface area contributed by atoms with Crippen LogP contribution in [0.2, 0.25) is 0 Å². The zero-order valence-electron chi connectivity index (χ0n) is 34.5. The highest BCUT2D eigenvalue weighted by Crippen LogP contribution is 2.15. The number of amides is 5. The zero-order chi connectivity index (χ0) is 41.3. The lowest BCUT2D eigenvalue weighted by Crippen LogP contribution is -2.47. The first-order valence-corrected chi connectivity index (χ1v) is 20.3. The molecule has 0 spiro atoms. The Hall–Kier alpha value is -4.43. The number of carbonyl (C=O) groups excluding carboxylic acids is 3. The number of carboxylic acids is 1. The molecule has 0 aliphatic carbocycles. The van der Waals surface area contributed by atoms with Gasteiger partial charge in [0.05, 0.1) is 39.0 Å². The van der Waals surface area contributed by atoms with Crippen LogP contribution in [-0.4, -0.2) is 187 Å². The number of unbranched alkanes of at least 4 members (excludes halogenated alkanes) is 2. The van der Waals surface area contributed by atoms with E-state index in [1.807, 2.05) is 0 Å². The van der Waals surface area contributed by atoms with Gasteiger partial charge in [-0.25, -0.2) is 14.3 Å². The van der Waals surface area contributed by atoms with E-state index in [-0.39, 0.29) is 37.0 Å². The van der Waals surface area contributed by atoms with Crippen molar-refractivity contribution in [1.82, 2.24) is 60.8 Å². The predicted octanol–water partition coefficient (Wildman–Crippen LogP) is 0.746. The Bertz CT molecular complexity index is 1450. The van der Waals surface area contributed by atoms with Crippen molar-refractivity contribution in [1.29, 1.82) is 0 Å². The van der Waals surface area contributed by atoms with Crippen molar-refractivity contribution in [3.8, 4) is 0 Å². The van der Waals surface area contributed by atoms with E-state index in [1.165, 1.54) is 0 Å². The van der Waals surface area contributed by atoms with Gasteiger partial charge in [0.1, 0.15) is 5.69 Å². The molecule has 0 radical (unpaired) electrons. The van der Waals surface area contributed by atoms with E-state index in [1.54, 1.807) is 47.2 Å². The molecule has 1 fully saturated rings. The largest absolute Gasteiger partial charge is 0.481 e. The molecule has 1 aliphatic heterocycles. The molecule has 3 heterocycles. The van der Waals surface area contributed by atoms with Gasteiger partial charge < -0.3 is 45.8 Å². The summed E-state index contributed by atoms with van der Waals surface area (Å²) < 4.78 is 7.46. The Kier molecular flexibility index (Phi) is 22.4. The quantitative estimate of drug-likeness (QED) is 0.104. The van der Waals surface area contributed by atoms with Gasteiger partial charge in [0, 0.05) is 103 Å². The molecule has 5 amide bonds. The van der Waals surface area contributed by atoms with Crippen molar-refractivity contribution in [2.75, 3.05) is 117 Å². The average molecular weight is 802 g/mol. The number of pyridine rings is 1. The van der Waals surface area contributed by atoms with Gasteiger partial charge in [-0.15, -0.1) is 5.10 Å². The van der Waals surface area contributed by atoms with Gasteiger partial charge in [-0.05, 0) is 65.4 Å². The number of anilines is 1. The first-order chi connectivity index (χ1) is 27.5. The Balaban J connectivity index is 1.33. The Morgan fingerprint density at radius 2 is 1.51 bits per heavy atom. The first kappa shape index (κ1) is 46.9. The zero-order valence-corrected chi connectivity index (χ0v) is 34.5. The van der Waals surface area contributed by atoms with Crippen molar-refractivity contribution < 1.29 is 29.0 Å². The number of nitrogens with one attached hydrogen (secondary N) is 4. The summed E-state index contributed by atoms with van der Waals surface area (Å²) >= 11 is 0. The van der Waals surface area contributed by atoms with E-state index in [0.717, 1.165) is 78.2 Å². The molecule has 19 nitrogen and oxygen atoms in total. The van der Waals surface area contributed by atoms with E-state index in [0.29, 0.717) is 63.7 Å². The molecule has 5 N–H and O–H groups in total. The lowest BCUT2D eigenvalue weighted by Gasteiger charge is -2.31. The molecule has 320 valence electrons. The molecular formula is C38H67N13O6. The summed E-state index contributed by atoms with van der Waals surface area (Å²) in [6.45, 7) is 15.8. The Morgan fingerprint density at radius 3 is 2.21 bits per heavy atom. The highest BCUT2D eigenvalue weighted by Gasteiger charge is 2.19. The minimum Gasteiger partial charge on any atom is -0.481 e. The summed E-state index contributed by atoms with van der Waals surface area (Å²) in [4.78, 5) is 63.8. The summed E-state index contributed by atoms with van der Waals surface area (Å²) in [7, 11) is 4.32. The van der Waals surface area contributed by atoms with Gasteiger partial charge in [-0.2, -0.15) is 0 Å². The van der Waals surface area contributed by atoms with E-state index in [9.17, 15) is 19.2 Å². The molecule has 0 unspecified atom stereocenters. The summed E-state index contributed by atoms with van der Waals surface area (Å²) in [5.74, 6) is -0.894. The number of carbonyl (C=O) groups is 4. The number of nitrogens with zero attached hydrogens (tertiary/aromatic N) is 9. The van der Waals surface area contributed by atoms with Crippen molar-refractivity contribution in [3.05, 3.63) is 36.4 Å². The maximum Gasteiger partial charge on any atom is 0.322 e. The van der Waals surface area contributed by atoms with Crippen molar-refractivity contribution in [3.63, 3.8) is 0 Å². The number of aliphatic carboxylic acids is 1. The molecule has 1 saturated heterocycles. The fourth-order valence-corrected chi connectivity index (χ4v) is 6.04. The summed E-state index contributed by atoms with van der Waals surface area (Å²) in [5.41, 5.74) is 1.28. The van der Waals surface area contributed by atoms with Crippen LogP contribution in [0.25, 0.3) is 0 Å². The molecule has 1 aliphatic rings. The van der Waals surface area contributed by atoms with Crippen LogP contribution in [0.3, 0.4) is 0 Å². The van der Waals surface area contributed by atoms with E-state index >= 15 is 0 Å². The third kappa shape index (κ3) is 20.5. The minimum atomic E-state index is -0.891. The molecule has 1 atom stereocenters. The fraction of sp³-hybridized carbons (Fsp3) is 0.711. The maximum absolute atomic E-state index is 13.3. The van der Waals surface area contributed by atoms with Crippen LogP contribution >= 0.6 is 0 Å². The molecule has 19 heteroatoms.